The zero-order valence-electron chi connectivity index (χ0n) is 26.4. The summed E-state index contributed by atoms with van der Waals surface area (Å²) < 4.78 is 7.03. The highest BCUT2D eigenvalue weighted by Gasteiger charge is 2.79. The van der Waals surface area contributed by atoms with Gasteiger partial charge in [0.15, 0.2) is 0 Å². The van der Waals surface area contributed by atoms with Crippen molar-refractivity contribution in [3.8, 4) is 0 Å². The van der Waals surface area contributed by atoms with Gasteiger partial charge in [0.25, 0.3) is 5.91 Å². The summed E-state index contributed by atoms with van der Waals surface area (Å²) in [6.07, 6.45) is 5.36. The topological polar surface area (TPSA) is 90.4 Å². The number of ether oxygens (including phenoxy) is 1. The molecule has 3 fully saturated rings. The number of fused-ring (bicyclic) bond motifs is 1. The van der Waals surface area contributed by atoms with Crippen molar-refractivity contribution in [1.82, 2.24) is 4.90 Å². The van der Waals surface area contributed by atoms with Crippen LogP contribution in [0.15, 0.2) is 73.8 Å². The highest BCUT2D eigenvalue weighted by molar-refractivity contribution is 6.07. The molecule has 0 saturated carbocycles. The molecule has 0 radical (unpaired) electrons. The van der Waals surface area contributed by atoms with E-state index in [0.29, 0.717) is 31.4 Å². The van der Waals surface area contributed by atoms with Crippen LogP contribution in [0.4, 0.5) is 11.4 Å². The highest BCUT2D eigenvalue weighted by Crippen LogP contribution is 2.65. The van der Waals surface area contributed by atoms with Gasteiger partial charge in [0, 0.05) is 24.5 Å². The lowest BCUT2D eigenvalue weighted by atomic mass is 9.64. The fourth-order valence-electron chi connectivity index (χ4n) is 8.14. The van der Waals surface area contributed by atoms with E-state index in [-0.39, 0.29) is 37.4 Å². The third-order valence-electron chi connectivity index (χ3n) is 10.1. The summed E-state index contributed by atoms with van der Waals surface area (Å²) in [6.45, 7) is 15.8. The quantitative estimate of drug-likeness (QED) is 0.348. The van der Waals surface area contributed by atoms with E-state index in [1.807, 2.05) is 76.2 Å². The fraction of sp³-hybridized carbons (Fsp3) is 0.472. The van der Waals surface area contributed by atoms with Crippen molar-refractivity contribution in [1.29, 1.82) is 0 Å². The normalized spacial score (nSPS) is 27.6. The molecule has 3 heterocycles. The maximum atomic E-state index is 15.0. The minimum atomic E-state index is -1.21. The third-order valence-corrected chi connectivity index (χ3v) is 10.1. The molecular weight excluding hydrogens is 554 g/mol. The van der Waals surface area contributed by atoms with Crippen molar-refractivity contribution in [3.05, 3.63) is 85.0 Å². The number of aliphatic hydroxyl groups excluding tert-OH is 1. The highest BCUT2D eigenvalue weighted by atomic mass is 16.5. The van der Waals surface area contributed by atoms with E-state index in [0.717, 1.165) is 16.8 Å². The van der Waals surface area contributed by atoms with Crippen LogP contribution >= 0.6 is 0 Å². The lowest BCUT2D eigenvalue weighted by Crippen LogP contribution is -2.59. The largest absolute Gasteiger partial charge is 0.394 e. The van der Waals surface area contributed by atoms with Crippen molar-refractivity contribution in [2.45, 2.75) is 76.7 Å². The van der Waals surface area contributed by atoms with E-state index >= 15 is 0 Å². The summed E-state index contributed by atoms with van der Waals surface area (Å²) in [5, 5.41) is 10.5. The molecule has 8 heteroatoms. The molecule has 3 aliphatic rings. The Morgan fingerprint density at radius 2 is 1.64 bits per heavy atom. The summed E-state index contributed by atoms with van der Waals surface area (Å²) in [5.41, 5.74) is 1.24. The molecular formula is C36H45N3O5. The first-order valence-electron chi connectivity index (χ1n) is 15.7. The van der Waals surface area contributed by atoms with E-state index in [9.17, 15) is 19.5 Å². The monoisotopic (exact) mass is 599 g/mol. The molecule has 44 heavy (non-hydrogen) atoms. The number of likely N-dealkylation sites (tertiary alicyclic amines) is 1. The van der Waals surface area contributed by atoms with Crippen LogP contribution in [0.2, 0.25) is 0 Å². The number of anilines is 2. The van der Waals surface area contributed by atoms with Gasteiger partial charge in [-0.1, -0.05) is 62.4 Å². The Kier molecular flexibility index (Phi) is 8.87. The van der Waals surface area contributed by atoms with Gasteiger partial charge in [0.05, 0.1) is 30.1 Å². The van der Waals surface area contributed by atoms with E-state index in [4.69, 9.17) is 4.74 Å². The van der Waals surface area contributed by atoms with Crippen LogP contribution in [-0.2, 0) is 19.1 Å². The van der Waals surface area contributed by atoms with Crippen LogP contribution in [0, 0.1) is 25.7 Å². The lowest BCUT2D eigenvalue weighted by molar-refractivity contribution is -0.149. The predicted molar refractivity (Wildman–Crippen MR) is 172 cm³/mol. The molecule has 3 amide bonds. The Morgan fingerprint density at radius 3 is 2.20 bits per heavy atom. The van der Waals surface area contributed by atoms with E-state index in [2.05, 4.69) is 13.2 Å². The number of carbonyl (C=O) groups is 3. The van der Waals surface area contributed by atoms with Crippen molar-refractivity contribution in [3.63, 3.8) is 0 Å². The Labute approximate surface area is 261 Å². The molecule has 2 unspecified atom stereocenters. The number of hydrogen-bond donors (Lipinski definition) is 1. The van der Waals surface area contributed by atoms with E-state index < -0.39 is 35.1 Å². The zero-order chi connectivity index (χ0) is 31.8. The number of nitrogens with zero attached hydrogens (tertiary/aromatic N) is 3. The fourth-order valence-corrected chi connectivity index (χ4v) is 8.14. The summed E-state index contributed by atoms with van der Waals surface area (Å²) in [4.78, 5) is 49.3. The van der Waals surface area contributed by atoms with Gasteiger partial charge in [0.2, 0.25) is 11.8 Å². The molecule has 8 nitrogen and oxygen atoms in total. The van der Waals surface area contributed by atoms with Gasteiger partial charge in [-0.25, -0.2) is 0 Å². The minimum Gasteiger partial charge on any atom is -0.394 e. The number of aliphatic hydroxyl groups is 1. The third kappa shape index (κ3) is 4.70. The molecule has 0 aromatic heterocycles. The molecule has 1 spiro atoms. The van der Waals surface area contributed by atoms with E-state index in [1.165, 1.54) is 0 Å². The molecule has 1 N–H and O–H groups in total. The number of amides is 3. The maximum Gasteiger partial charge on any atom is 0.253 e. The van der Waals surface area contributed by atoms with Crippen LogP contribution < -0.4 is 9.80 Å². The Morgan fingerprint density at radius 1 is 1.00 bits per heavy atom. The van der Waals surface area contributed by atoms with Gasteiger partial charge < -0.3 is 24.5 Å². The van der Waals surface area contributed by atoms with Crippen LogP contribution in [0.5, 0.6) is 0 Å². The van der Waals surface area contributed by atoms with Gasteiger partial charge in [-0.05, 0) is 62.8 Å². The van der Waals surface area contributed by atoms with Gasteiger partial charge in [-0.2, -0.15) is 0 Å². The SMILES string of the molecule is C=CCN(C(=O)[C@H]1[C@H]2C(=O)N([C@@H](CC)CO)C(C(=O)N(CC=C)c3c(C)cccc3C)C23CC[C@]1(CC)O3)c1ccccc1. The van der Waals surface area contributed by atoms with Crippen molar-refractivity contribution in [2.24, 2.45) is 11.8 Å². The average Bonchev–Trinajstić information content (AvgIpc) is 3.63. The standard InChI is InChI=1S/C36H45N3O5/c1-7-21-37(27-17-12-11-13-18-27)32(41)28-29-33(42)39(26(9-3)23-40)31(36(29)20-19-35(28,10-4)44-36)34(43)38(22-8-2)30-24(5)15-14-16-25(30)6/h7-8,11-18,26,28-29,31,40H,1-2,9-10,19-23H2,3-6H3/t26-,28+,29-,31?,35-,36?/m0/s1. The average molecular weight is 600 g/mol. The molecule has 2 bridgehead atoms. The van der Waals surface area contributed by atoms with Crippen molar-refractivity contribution in [2.75, 3.05) is 29.5 Å². The minimum absolute atomic E-state index is 0.208. The molecule has 0 aliphatic carbocycles. The number of rotatable bonds is 12. The summed E-state index contributed by atoms with van der Waals surface area (Å²) in [7, 11) is 0. The first-order valence-corrected chi connectivity index (χ1v) is 15.7. The summed E-state index contributed by atoms with van der Waals surface area (Å²) >= 11 is 0. The Hall–Kier alpha value is -3.75. The molecule has 2 aromatic rings. The lowest BCUT2D eigenvalue weighted by Gasteiger charge is -2.40. The predicted octanol–water partition coefficient (Wildman–Crippen LogP) is 4.97. The van der Waals surface area contributed by atoms with Crippen molar-refractivity contribution < 1.29 is 24.2 Å². The molecule has 2 aromatic carbocycles. The maximum absolute atomic E-state index is 15.0. The first kappa shape index (κ1) is 31.7. The van der Waals surface area contributed by atoms with Crippen LogP contribution in [0.3, 0.4) is 0 Å². The van der Waals surface area contributed by atoms with Crippen molar-refractivity contribution >= 4 is 29.1 Å². The Bertz CT molecular complexity index is 1420. The van der Waals surface area contributed by atoms with Gasteiger partial charge in [-0.3, -0.25) is 14.4 Å². The number of carbonyl (C=O) groups excluding carboxylic acids is 3. The first-order chi connectivity index (χ1) is 21.2. The molecule has 234 valence electrons. The number of aryl methyl sites for hydroxylation is 2. The molecule has 6 atom stereocenters. The van der Waals surface area contributed by atoms with Gasteiger partial charge in [-0.15, -0.1) is 13.2 Å². The summed E-state index contributed by atoms with van der Waals surface area (Å²) in [6, 6.07) is 13.6. The van der Waals surface area contributed by atoms with Gasteiger partial charge in [0.1, 0.15) is 11.6 Å². The Balaban J connectivity index is 1.67. The smallest absolute Gasteiger partial charge is 0.253 e. The van der Waals surface area contributed by atoms with E-state index in [1.54, 1.807) is 26.9 Å². The van der Waals surface area contributed by atoms with Crippen LogP contribution in [-0.4, -0.2) is 70.7 Å². The number of hydrogen-bond acceptors (Lipinski definition) is 5. The second-order valence-corrected chi connectivity index (χ2v) is 12.4. The molecule has 3 aliphatic heterocycles. The van der Waals surface area contributed by atoms with Crippen LogP contribution in [0.1, 0.15) is 50.7 Å². The number of para-hydroxylation sites is 2. The summed E-state index contributed by atoms with van der Waals surface area (Å²) in [5.74, 6) is -2.45. The molecule has 3 saturated heterocycles. The second-order valence-electron chi connectivity index (χ2n) is 12.4. The second kappa shape index (κ2) is 12.3. The number of benzene rings is 2. The molecule has 5 rings (SSSR count). The zero-order valence-corrected chi connectivity index (χ0v) is 26.4. The van der Waals surface area contributed by atoms with Crippen LogP contribution in [0.25, 0.3) is 0 Å². The van der Waals surface area contributed by atoms with Gasteiger partial charge >= 0.3 is 0 Å².